The van der Waals surface area contributed by atoms with Crippen molar-refractivity contribution < 1.29 is 18.0 Å². The van der Waals surface area contributed by atoms with Crippen LogP contribution in [0, 0.1) is 0 Å². The van der Waals surface area contributed by atoms with Crippen molar-refractivity contribution in [3.05, 3.63) is 59.7 Å². The monoisotopic (exact) mass is 430 g/mol. The molecule has 2 aromatic carbocycles. The molecule has 0 radical (unpaired) electrons. The number of likely N-dealkylation sites (tertiary alicyclic amines) is 2. The smallest absolute Gasteiger partial charge is 0.334 e. The maximum absolute atomic E-state index is 13.2. The Balaban J connectivity index is 1.45. The highest BCUT2D eigenvalue weighted by Crippen LogP contribution is 2.32. The van der Waals surface area contributed by atoms with Gasteiger partial charge in [0.2, 0.25) is 0 Å². The lowest BCUT2D eigenvalue weighted by Gasteiger charge is -2.33. The number of halogens is 3. The van der Waals surface area contributed by atoms with Crippen LogP contribution in [0.2, 0.25) is 0 Å². The van der Waals surface area contributed by atoms with E-state index in [1.165, 1.54) is 25.0 Å². The first-order chi connectivity index (χ1) is 14.7. The molecule has 31 heavy (non-hydrogen) atoms. The second kappa shape index (κ2) is 8.65. The minimum Gasteiger partial charge on any atom is -0.334 e. The SMILES string of the molecule is CC1CC[C@H](C)N1C[C@@H]1CCCN1C(=O)c1ccc(-c2ccc(C(F)(F)F)cc2)cc1. The molecule has 166 valence electrons. The van der Waals surface area contributed by atoms with Gasteiger partial charge in [-0.2, -0.15) is 13.2 Å². The maximum atomic E-state index is 13.2. The average molecular weight is 431 g/mol. The van der Waals surface area contributed by atoms with E-state index < -0.39 is 11.7 Å². The minimum absolute atomic E-state index is 0.0426. The molecule has 2 aliphatic heterocycles. The quantitative estimate of drug-likeness (QED) is 0.608. The van der Waals surface area contributed by atoms with E-state index in [2.05, 4.69) is 18.7 Å². The van der Waals surface area contributed by atoms with Gasteiger partial charge in [0.1, 0.15) is 0 Å². The Morgan fingerprint density at radius 3 is 2.00 bits per heavy atom. The van der Waals surface area contributed by atoms with Crippen LogP contribution in [0.3, 0.4) is 0 Å². The lowest BCUT2D eigenvalue weighted by Crippen LogP contribution is -2.46. The molecule has 4 rings (SSSR count). The predicted molar refractivity (Wildman–Crippen MR) is 116 cm³/mol. The molecule has 2 heterocycles. The number of carbonyl (C=O) groups is 1. The zero-order valence-corrected chi connectivity index (χ0v) is 18.0. The van der Waals surface area contributed by atoms with E-state index in [1.54, 1.807) is 12.1 Å². The number of hydrogen-bond acceptors (Lipinski definition) is 2. The summed E-state index contributed by atoms with van der Waals surface area (Å²) in [5.41, 5.74) is 1.46. The van der Waals surface area contributed by atoms with Crippen molar-refractivity contribution in [3.63, 3.8) is 0 Å². The van der Waals surface area contributed by atoms with Crippen LogP contribution in [-0.4, -0.2) is 46.9 Å². The van der Waals surface area contributed by atoms with Gasteiger partial charge < -0.3 is 4.90 Å². The Morgan fingerprint density at radius 2 is 1.45 bits per heavy atom. The van der Waals surface area contributed by atoms with Gasteiger partial charge >= 0.3 is 6.18 Å². The van der Waals surface area contributed by atoms with Gasteiger partial charge in [0.15, 0.2) is 0 Å². The zero-order chi connectivity index (χ0) is 22.2. The Labute approximate surface area is 181 Å². The summed E-state index contributed by atoms with van der Waals surface area (Å²) in [6.45, 7) is 6.24. The standard InChI is InChI=1S/C25H29F3N2O/c1-17-5-6-18(2)30(17)16-23-4-3-15-29(23)24(31)21-9-7-19(8-10-21)20-11-13-22(14-12-20)25(26,27)28/h7-14,17-18,23H,3-6,15-16H2,1-2H3/t17-,18?,23-/m0/s1. The molecule has 1 amide bonds. The van der Waals surface area contributed by atoms with Crippen molar-refractivity contribution in [2.45, 2.75) is 63.8 Å². The molecule has 2 aromatic rings. The average Bonchev–Trinajstić information content (AvgIpc) is 3.35. The highest BCUT2D eigenvalue weighted by molar-refractivity contribution is 5.95. The topological polar surface area (TPSA) is 23.6 Å². The molecule has 0 saturated carbocycles. The Kier molecular flexibility index (Phi) is 6.11. The van der Waals surface area contributed by atoms with Gasteiger partial charge in [0, 0.05) is 36.8 Å². The second-order valence-corrected chi connectivity index (χ2v) is 8.92. The summed E-state index contributed by atoms with van der Waals surface area (Å²) in [5, 5.41) is 0. The van der Waals surface area contributed by atoms with Crippen LogP contribution in [-0.2, 0) is 6.18 Å². The summed E-state index contributed by atoms with van der Waals surface area (Å²) >= 11 is 0. The van der Waals surface area contributed by atoms with Gasteiger partial charge in [0.25, 0.3) is 5.91 Å². The molecule has 0 spiro atoms. The zero-order valence-electron chi connectivity index (χ0n) is 18.0. The second-order valence-electron chi connectivity index (χ2n) is 8.92. The van der Waals surface area contributed by atoms with Gasteiger partial charge in [-0.25, -0.2) is 0 Å². The van der Waals surface area contributed by atoms with Crippen molar-refractivity contribution in [1.29, 1.82) is 0 Å². The fourth-order valence-corrected chi connectivity index (χ4v) is 4.97. The molecule has 3 nitrogen and oxygen atoms in total. The van der Waals surface area contributed by atoms with E-state index in [0.717, 1.165) is 43.6 Å². The van der Waals surface area contributed by atoms with Gasteiger partial charge in [-0.15, -0.1) is 0 Å². The molecule has 2 aliphatic rings. The first-order valence-corrected chi connectivity index (χ1v) is 11.1. The first-order valence-electron chi connectivity index (χ1n) is 11.1. The van der Waals surface area contributed by atoms with Crippen LogP contribution in [0.1, 0.15) is 55.5 Å². The normalized spacial score (nSPS) is 24.7. The number of benzene rings is 2. The van der Waals surface area contributed by atoms with Crippen molar-refractivity contribution in [3.8, 4) is 11.1 Å². The van der Waals surface area contributed by atoms with E-state index in [9.17, 15) is 18.0 Å². The molecule has 2 saturated heterocycles. The van der Waals surface area contributed by atoms with E-state index in [4.69, 9.17) is 0 Å². The Hall–Kier alpha value is -2.34. The number of amides is 1. The van der Waals surface area contributed by atoms with Crippen molar-refractivity contribution in [2.24, 2.45) is 0 Å². The highest BCUT2D eigenvalue weighted by atomic mass is 19.4. The lowest BCUT2D eigenvalue weighted by atomic mass is 10.0. The van der Waals surface area contributed by atoms with E-state index in [1.807, 2.05) is 17.0 Å². The van der Waals surface area contributed by atoms with Crippen molar-refractivity contribution >= 4 is 5.91 Å². The molecular formula is C25H29F3N2O. The fourth-order valence-electron chi connectivity index (χ4n) is 4.97. The van der Waals surface area contributed by atoms with Crippen LogP contribution in [0.5, 0.6) is 0 Å². The third-order valence-corrected chi connectivity index (χ3v) is 6.87. The lowest BCUT2D eigenvalue weighted by molar-refractivity contribution is -0.137. The van der Waals surface area contributed by atoms with Crippen molar-refractivity contribution in [2.75, 3.05) is 13.1 Å². The van der Waals surface area contributed by atoms with Gasteiger partial charge in [-0.3, -0.25) is 9.69 Å². The van der Waals surface area contributed by atoms with Gasteiger partial charge in [-0.1, -0.05) is 24.3 Å². The summed E-state index contributed by atoms with van der Waals surface area (Å²) < 4.78 is 38.3. The minimum atomic E-state index is -4.34. The van der Waals surface area contributed by atoms with Crippen LogP contribution < -0.4 is 0 Å². The van der Waals surface area contributed by atoms with Gasteiger partial charge in [-0.05, 0) is 74.9 Å². The Morgan fingerprint density at radius 1 is 0.903 bits per heavy atom. The van der Waals surface area contributed by atoms with Crippen LogP contribution in [0.15, 0.2) is 48.5 Å². The summed E-state index contributed by atoms with van der Waals surface area (Å²) in [5.74, 6) is 0.0426. The van der Waals surface area contributed by atoms with Crippen LogP contribution >= 0.6 is 0 Å². The summed E-state index contributed by atoms with van der Waals surface area (Å²) in [6.07, 6.45) is 0.147. The molecule has 0 aliphatic carbocycles. The number of alkyl halides is 3. The molecule has 0 N–H and O–H groups in total. The van der Waals surface area contributed by atoms with Crippen LogP contribution in [0.25, 0.3) is 11.1 Å². The van der Waals surface area contributed by atoms with Gasteiger partial charge in [0.05, 0.1) is 5.56 Å². The summed E-state index contributed by atoms with van der Waals surface area (Å²) in [4.78, 5) is 17.7. The molecule has 6 heteroatoms. The molecule has 3 atom stereocenters. The van der Waals surface area contributed by atoms with Crippen LogP contribution in [0.4, 0.5) is 13.2 Å². The number of nitrogens with zero attached hydrogens (tertiary/aromatic N) is 2. The van der Waals surface area contributed by atoms with E-state index >= 15 is 0 Å². The molecule has 2 fully saturated rings. The molecule has 0 bridgehead atoms. The number of hydrogen-bond donors (Lipinski definition) is 0. The predicted octanol–water partition coefficient (Wildman–Crippen LogP) is 5.85. The third-order valence-electron chi connectivity index (χ3n) is 6.87. The van der Waals surface area contributed by atoms with E-state index in [0.29, 0.717) is 23.2 Å². The molecular weight excluding hydrogens is 401 g/mol. The highest BCUT2D eigenvalue weighted by Gasteiger charge is 2.35. The third kappa shape index (κ3) is 4.64. The summed E-state index contributed by atoms with van der Waals surface area (Å²) in [6, 6.07) is 13.7. The largest absolute Gasteiger partial charge is 0.416 e. The first kappa shape index (κ1) is 21.9. The molecule has 0 aromatic heterocycles. The maximum Gasteiger partial charge on any atom is 0.416 e. The number of rotatable bonds is 4. The summed E-state index contributed by atoms with van der Waals surface area (Å²) in [7, 11) is 0. The fraction of sp³-hybridized carbons (Fsp3) is 0.480. The van der Waals surface area contributed by atoms with Crippen molar-refractivity contribution in [1.82, 2.24) is 9.80 Å². The number of carbonyl (C=O) groups excluding carboxylic acids is 1. The van der Waals surface area contributed by atoms with E-state index in [-0.39, 0.29) is 11.9 Å². The molecule has 1 unspecified atom stereocenters. The Bertz CT molecular complexity index is 898.